The molecule has 0 spiro atoms. The summed E-state index contributed by atoms with van der Waals surface area (Å²) in [4.78, 5) is 22.3. The first-order chi connectivity index (χ1) is 12.0. The number of benzene rings is 2. The number of halogens is 1. The number of non-ortho nitro benzene ring substituents is 1. The van der Waals surface area contributed by atoms with Crippen LogP contribution >= 0.6 is 11.6 Å². The monoisotopic (exact) mass is 362 g/mol. The van der Waals surface area contributed by atoms with Crippen molar-refractivity contribution < 1.29 is 14.5 Å². The van der Waals surface area contributed by atoms with Crippen LogP contribution in [0.4, 0.5) is 5.69 Å². The molecule has 25 heavy (non-hydrogen) atoms. The zero-order valence-corrected chi connectivity index (χ0v) is 14.5. The van der Waals surface area contributed by atoms with Gasteiger partial charge in [-0.25, -0.2) is 0 Å². The highest BCUT2D eigenvalue weighted by Gasteiger charge is 2.15. The van der Waals surface area contributed by atoms with Crippen LogP contribution in [0.15, 0.2) is 48.5 Å². The Labute approximate surface area is 150 Å². The van der Waals surface area contributed by atoms with Gasteiger partial charge in [-0.2, -0.15) is 0 Å². The summed E-state index contributed by atoms with van der Waals surface area (Å²) in [7, 11) is 0. The van der Waals surface area contributed by atoms with E-state index in [2.05, 4.69) is 12.2 Å². The SMILES string of the molecule is CCC[C@H](NC(=O)COc1ccc([N+](=O)[O-])cc1Cl)c1ccccc1. The molecule has 0 saturated heterocycles. The highest BCUT2D eigenvalue weighted by Crippen LogP contribution is 2.28. The predicted octanol–water partition coefficient (Wildman–Crippen LogP) is 4.28. The lowest BCUT2D eigenvalue weighted by molar-refractivity contribution is -0.384. The number of amides is 1. The number of carbonyl (C=O) groups is 1. The van der Waals surface area contributed by atoms with Crippen molar-refractivity contribution in [3.05, 3.63) is 69.2 Å². The molecule has 1 amide bonds. The Hall–Kier alpha value is -2.60. The lowest BCUT2D eigenvalue weighted by Crippen LogP contribution is -2.32. The van der Waals surface area contributed by atoms with Crippen molar-refractivity contribution in [2.45, 2.75) is 25.8 Å². The van der Waals surface area contributed by atoms with Crippen LogP contribution in [0.1, 0.15) is 31.4 Å². The summed E-state index contributed by atoms with van der Waals surface area (Å²) in [5, 5.41) is 13.7. The minimum Gasteiger partial charge on any atom is -0.482 e. The average Bonchev–Trinajstić information content (AvgIpc) is 2.61. The Morgan fingerprint density at radius 1 is 1.28 bits per heavy atom. The van der Waals surface area contributed by atoms with Crippen LogP contribution < -0.4 is 10.1 Å². The van der Waals surface area contributed by atoms with Gasteiger partial charge in [0.1, 0.15) is 5.75 Å². The van der Waals surface area contributed by atoms with Gasteiger partial charge in [0.15, 0.2) is 6.61 Å². The van der Waals surface area contributed by atoms with Gasteiger partial charge in [-0.05, 0) is 18.1 Å². The van der Waals surface area contributed by atoms with Crippen molar-refractivity contribution in [2.75, 3.05) is 6.61 Å². The Balaban J connectivity index is 1.96. The van der Waals surface area contributed by atoms with Crippen LogP contribution in [-0.2, 0) is 4.79 Å². The second-order valence-electron chi connectivity index (χ2n) is 5.48. The van der Waals surface area contributed by atoms with Gasteiger partial charge in [-0.1, -0.05) is 55.3 Å². The summed E-state index contributed by atoms with van der Waals surface area (Å²) in [6.07, 6.45) is 1.74. The first kappa shape index (κ1) is 18.7. The second kappa shape index (κ2) is 9.03. The summed E-state index contributed by atoms with van der Waals surface area (Å²) < 4.78 is 5.38. The molecule has 2 aromatic carbocycles. The molecular formula is C18H19ClN2O4. The van der Waals surface area contributed by atoms with Gasteiger partial charge in [0.2, 0.25) is 0 Å². The van der Waals surface area contributed by atoms with Gasteiger partial charge in [0, 0.05) is 12.1 Å². The zero-order chi connectivity index (χ0) is 18.2. The highest BCUT2D eigenvalue weighted by atomic mass is 35.5. The fraction of sp³-hybridized carbons (Fsp3) is 0.278. The van der Waals surface area contributed by atoms with Gasteiger partial charge in [-0.15, -0.1) is 0 Å². The fourth-order valence-corrected chi connectivity index (χ4v) is 2.63. The third-order valence-electron chi connectivity index (χ3n) is 3.60. The molecule has 2 rings (SSSR count). The smallest absolute Gasteiger partial charge is 0.271 e. The number of nitro groups is 1. The second-order valence-corrected chi connectivity index (χ2v) is 5.89. The molecule has 0 unspecified atom stereocenters. The van der Waals surface area contributed by atoms with E-state index < -0.39 is 4.92 Å². The summed E-state index contributed by atoms with van der Waals surface area (Å²) in [6, 6.07) is 13.5. The van der Waals surface area contributed by atoms with Crippen molar-refractivity contribution in [2.24, 2.45) is 0 Å². The molecule has 0 fully saturated rings. The average molecular weight is 363 g/mol. The van der Waals surface area contributed by atoms with Gasteiger partial charge in [-0.3, -0.25) is 14.9 Å². The van der Waals surface area contributed by atoms with E-state index in [-0.39, 0.29) is 35.0 Å². The summed E-state index contributed by atoms with van der Waals surface area (Å²) in [5.74, 6) is -0.0501. The summed E-state index contributed by atoms with van der Waals surface area (Å²) in [5.41, 5.74) is 0.903. The van der Waals surface area contributed by atoms with E-state index in [1.165, 1.54) is 18.2 Å². The van der Waals surface area contributed by atoms with Gasteiger partial charge in [0.05, 0.1) is 16.0 Å². The van der Waals surface area contributed by atoms with E-state index in [4.69, 9.17) is 16.3 Å². The Kier molecular flexibility index (Phi) is 6.77. The van der Waals surface area contributed by atoms with Crippen LogP contribution in [0.25, 0.3) is 0 Å². The number of hydrogen-bond donors (Lipinski definition) is 1. The van der Waals surface area contributed by atoms with E-state index in [9.17, 15) is 14.9 Å². The molecule has 7 heteroatoms. The van der Waals surface area contributed by atoms with Crippen molar-refractivity contribution in [1.82, 2.24) is 5.32 Å². The Morgan fingerprint density at radius 2 is 2.00 bits per heavy atom. The molecule has 1 atom stereocenters. The van der Waals surface area contributed by atoms with E-state index >= 15 is 0 Å². The maximum atomic E-state index is 12.2. The third kappa shape index (κ3) is 5.46. The molecule has 0 aromatic heterocycles. The zero-order valence-electron chi connectivity index (χ0n) is 13.8. The minimum absolute atomic E-state index is 0.0883. The molecule has 0 aliphatic carbocycles. The van der Waals surface area contributed by atoms with Crippen LogP contribution in [0, 0.1) is 10.1 Å². The summed E-state index contributed by atoms with van der Waals surface area (Å²) >= 11 is 5.95. The van der Waals surface area contributed by atoms with Crippen LogP contribution in [0.3, 0.4) is 0 Å². The molecule has 0 bridgehead atoms. The van der Waals surface area contributed by atoms with E-state index in [1.807, 2.05) is 30.3 Å². The molecule has 132 valence electrons. The third-order valence-corrected chi connectivity index (χ3v) is 3.89. The molecule has 0 radical (unpaired) electrons. The standard InChI is InChI=1S/C18H19ClN2O4/c1-2-6-16(13-7-4-3-5-8-13)20-18(22)12-25-17-10-9-14(21(23)24)11-15(17)19/h3-5,7-11,16H,2,6,12H2,1H3,(H,20,22)/t16-/m0/s1. The van der Waals surface area contributed by atoms with Gasteiger partial charge < -0.3 is 10.1 Å². The van der Waals surface area contributed by atoms with Crippen molar-refractivity contribution in [3.8, 4) is 5.75 Å². The number of nitro benzene ring substituents is 1. The lowest BCUT2D eigenvalue weighted by Gasteiger charge is -2.19. The normalized spacial score (nSPS) is 11.6. The number of ether oxygens (including phenoxy) is 1. The number of nitrogens with one attached hydrogen (secondary N) is 1. The number of rotatable bonds is 8. The molecule has 0 saturated carbocycles. The minimum atomic E-state index is -0.544. The molecule has 0 aliphatic rings. The van der Waals surface area contributed by atoms with Crippen molar-refractivity contribution >= 4 is 23.2 Å². The largest absolute Gasteiger partial charge is 0.482 e. The summed E-state index contributed by atoms with van der Waals surface area (Å²) in [6.45, 7) is 1.83. The van der Waals surface area contributed by atoms with E-state index in [0.29, 0.717) is 0 Å². The quantitative estimate of drug-likeness (QED) is 0.561. The van der Waals surface area contributed by atoms with Gasteiger partial charge in [0.25, 0.3) is 11.6 Å². The fourth-order valence-electron chi connectivity index (χ4n) is 2.40. The molecule has 6 nitrogen and oxygen atoms in total. The molecular weight excluding hydrogens is 344 g/mol. The van der Waals surface area contributed by atoms with Crippen LogP contribution in [0.5, 0.6) is 5.75 Å². The first-order valence-corrected chi connectivity index (χ1v) is 8.30. The topological polar surface area (TPSA) is 81.5 Å². The molecule has 1 N–H and O–H groups in total. The Morgan fingerprint density at radius 3 is 2.60 bits per heavy atom. The lowest BCUT2D eigenvalue weighted by atomic mass is 10.0. The number of hydrogen-bond acceptors (Lipinski definition) is 4. The first-order valence-electron chi connectivity index (χ1n) is 7.92. The van der Waals surface area contributed by atoms with Crippen molar-refractivity contribution in [3.63, 3.8) is 0 Å². The van der Waals surface area contributed by atoms with Gasteiger partial charge >= 0.3 is 0 Å². The predicted molar refractivity (Wildman–Crippen MR) is 95.8 cm³/mol. The Bertz CT molecular complexity index is 737. The molecule has 0 aliphatic heterocycles. The number of carbonyl (C=O) groups excluding carboxylic acids is 1. The van der Waals surface area contributed by atoms with Crippen molar-refractivity contribution in [1.29, 1.82) is 0 Å². The van der Waals surface area contributed by atoms with E-state index in [1.54, 1.807) is 0 Å². The number of nitrogens with zero attached hydrogens (tertiary/aromatic N) is 1. The maximum absolute atomic E-state index is 12.2. The maximum Gasteiger partial charge on any atom is 0.271 e. The highest BCUT2D eigenvalue weighted by molar-refractivity contribution is 6.32. The van der Waals surface area contributed by atoms with Crippen LogP contribution in [-0.4, -0.2) is 17.4 Å². The van der Waals surface area contributed by atoms with Crippen LogP contribution in [0.2, 0.25) is 5.02 Å². The van der Waals surface area contributed by atoms with E-state index in [0.717, 1.165) is 18.4 Å². The molecule has 2 aromatic rings. The molecule has 0 heterocycles.